The zero-order chi connectivity index (χ0) is 7.82. The van der Waals surface area contributed by atoms with Gasteiger partial charge in [-0.1, -0.05) is 5.92 Å². The van der Waals surface area contributed by atoms with Crippen LogP contribution < -0.4 is 0 Å². The third kappa shape index (κ3) is 6.96. The molecule has 10 heavy (non-hydrogen) atoms. The molecule has 0 atom stereocenters. The Kier molecular flexibility index (Phi) is 5.45. The number of nitro groups is 1. The second kappa shape index (κ2) is 6.09. The van der Waals surface area contributed by atoms with Gasteiger partial charge in [0.05, 0.1) is 0 Å². The van der Waals surface area contributed by atoms with Gasteiger partial charge in [0.2, 0.25) is 6.54 Å². The van der Waals surface area contributed by atoms with E-state index in [0.29, 0.717) is 12.8 Å². The van der Waals surface area contributed by atoms with Crippen LogP contribution in [0.1, 0.15) is 25.7 Å². The largest absolute Gasteiger partial charge is 0.265 e. The lowest BCUT2D eigenvalue weighted by Crippen LogP contribution is -1.99. The third-order valence-corrected chi connectivity index (χ3v) is 1.14. The first kappa shape index (κ1) is 8.96. The van der Waals surface area contributed by atoms with Crippen LogP contribution in [-0.2, 0) is 0 Å². The van der Waals surface area contributed by atoms with Gasteiger partial charge in [-0.2, -0.15) is 0 Å². The summed E-state index contributed by atoms with van der Waals surface area (Å²) in [5, 5.41) is 9.78. The first-order chi connectivity index (χ1) is 4.77. The van der Waals surface area contributed by atoms with Crippen LogP contribution in [0.4, 0.5) is 0 Å². The van der Waals surface area contributed by atoms with Gasteiger partial charge >= 0.3 is 0 Å². The molecule has 0 heterocycles. The van der Waals surface area contributed by atoms with E-state index in [1.165, 1.54) is 0 Å². The molecule has 0 aromatic heterocycles. The topological polar surface area (TPSA) is 43.1 Å². The summed E-state index contributed by atoms with van der Waals surface area (Å²) in [4.78, 5) is 9.47. The predicted octanol–water partition coefficient (Wildman–Crippen LogP) is 1.41. The van der Waals surface area contributed by atoms with E-state index in [1.807, 2.05) is 0 Å². The van der Waals surface area contributed by atoms with Crippen molar-refractivity contribution in [1.29, 1.82) is 0 Å². The number of nitrogens with zero attached hydrogens (tertiary/aromatic N) is 1. The van der Waals surface area contributed by atoms with E-state index in [-0.39, 0.29) is 11.5 Å². The molecule has 0 aliphatic rings. The monoisotopic (exact) mass is 140 g/mol. The van der Waals surface area contributed by atoms with Crippen molar-refractivity contribution in [2.24, 2.45) is 0 Å². The van der Waals surface area contributed by atoms with Crippen molar-refractivity contribution < 1.29 is 4.92 Å². The fourth-order valence-corrected chi connectivity index (χ4v) is 0.631. The molecule has 0 spiro atoms. The second-order valence-electron chi connectivity index (χ2n) is 2.04. The van der Waals surface area contributed by atoms with Crippen molar-refractivity contribution in [2.45, 2.75) is 25.7 Å². The van der Waals surface area contributed by atoms with Gasteiger partial charge in [0.15, 0.2) is 0 Å². The normalized spacial score (nSPS) is 8.70. The van der Waals surface area contributed by atoms with E-state index in [2.05, 4.69) is 5.92 Å². The van der Waals surface area contributed by atoms with Crippen molar-refractivity contribution in [1.82, 2.24) is 0 Å². The van der Waals surface area contributed by atoms with Crippen molar-refractivity contribution >= 4 is 0 Å². The predicted molar refractivity (Wildman–Crippen MR) is 37.5 cm³/mol. The second-order valence-corrected chi connectivity index (χ2v) is 2.04. The lowest BCUT2D eigenvalue weighted by atomic mass is 10.2. The van der Waals surface area contributed by atoms with Crippen LogP contribution in [0.25, 0.3) is 0 Å². The summed E-state index contributed by atoms with van der Waals surface area (Å²) in [5.41, 5.74) is 0. The summed E-state index contributed by atoms with van der Waals surface area (Å²) >= 11 is 0. The summed E-state index contributed by atoms with van der Waals surface area (Å²) in [6.07, 6.45) is 9.45. The summed E-state index contributed by atoms with van der Waals surface area (Å²) in [7, 11) is 0. The van der Waals surface area contributed by atoms with Gasteiger partial charge in [-0.15, -0.1) is 0 Å². The number of hydrogen-bond acceptors (Lipinski definition) is 2. The Hall–Kier alpha value is -1.04. The molecule has 0 saturated heterocycles. The van der Waals surface area contributed by atoms with Crippen LogP contribution in [0, 0.1) is 22.5 Å². The third-order valence-electron chi connectivity index (χ3n) is 1.14. The number of unbranched alkanes of at least 4 members (excludes halogenated alkanes) is 3. The average Bonchev–Trinajstić information content (AvgIpc) is 1.87. The highest BCUT2D eigenvalue weighted by Gasteiger charge is 1.94. The molecule has 0 N–H and O–H groups in total. The van der Waals surface area contributed by atoms with E-state index >= 15 is 0 Å². The molecule has 1 radical (unpaired) electrons. The number of hydrogen-bond donors (Lipinski definition) is 0. The van der Waals surface area contributed by atoms with Gasteiger partial charge in [-0.25, -0.2) is 0 Å². The molecular formula is C7H10NO2. The van der Waals surface area contributed by atoms with E-state index in [4.69, 9.17) is 6.42 Å². The highest BCUT2D eigenvalue weighted by atomic mass is 16.6. The van der Waals surface area contributed by atoms with Crippen LogP contribution >= 0.6 is 0 Å². The minimum Gasteiger partial charge on any atom is -0.265 e. The highest BCUT2D eigenvalue weighted by Crippen LogP contribution is 1.97. The van der Waals surface area contributed by atoms with Gasteiger partial charge in [-0.3, -0.25) is 10.1 Å². The summed E-state index contributed by atoms with van der Waals surface area (Å²) in [5.74, 6) is 2.24. The molecular weight excluding hydrogens is 130 g/mol. The molecule has 3 heteroatoms. The fourth-order valence-electron chi connectivity index (χ4n) is 0.631. The first-order valence-electron chi connectivity index (χ1n) is 3.28. The van der Waals surface area contributed by atoms with Crippen molar-refractivity contribution in [3.8, 4) is 5.92 Å². The van der Waals surface area contributed by atoms with Gasteiger partial charge in [0, 0.05) is 17.8 Å². The Balaban J connectivity index is 2.92. The van der Waals surface area contributed by atoms with Crippen molar-refractivity contribution in [2.75, 3.05) is 6.54 Å². The maximum atomic E-state index is 9.78. The molecule has 0 unspecified atom stereocenters. The van der Waals surface area contributed by atoms with Gasteiger partial charge in [-0.05, 0) is 19.3 Å². The van der Waals surface area contributed by atoms with Gasteiger partial charge < -0.3 is 0 Å². The van der Waals surface area contributed by atoms with E-state index in [9.17, 15) is 10.1 Å². The molecule has 0 amide bonds. The van der Waals surface area contributed by atoms with Gasteiger partial charge in [0.1, 0.15) is 0 Å². The van der Waals surface area contributed by atoms with Crippen LogP contribution in [0.3, 0.4) is 0 Å². The SMILES string of the molecule is [C]#CCCCCC[N+](=O)[O-]. The Morgan fingerprint density at radius 2 is 2.10 bits per heavy atom. The molecule has 0 fully saturated rings. The Labute approximate surface area is 60.6 Å². The summed E-state index contributed by atoms with van der Waals surface area (Å²) in [6.45, 7) is 0.0536. The summed E-state index contributed by atoms with van der Waals surface area (Å²) in [6, 6.07) is 0. The molecule has 55 valence electrons. The van der Waals surface area contributed by atoms with Gasteiger partial charge in [0.25, 0.3) is 0 Å². The molecule has 0 aromatic rings. The lowest BCUT2D eigenvalue weighted by Gasteiger charge is -1.91. The van der Waals surface area contributed by atoms with Crippen molar-refractivity contribution in [3.05, 3.63) is 16.5 Å². The average molecular weight is 140 g/mol. The molecule has 0 bridgehead atoms. The molecule has 3 nitrogen and oxygen atoms in total. The maximum Gasteiger partial charge on any atom is 0.203 e. The molecule has 0 aliphatic heterocycles. The standard InChI is InChI=1S/C7H10NO2/c1-2-3-4-5-6-7-8(9)10/h3-7H2. The Morgan fingerprint density at radius 3 is 2.60 bits per heavy atom. The molecule has 0 rings (SSSR count). The zero-order valence-corrected chi connectivity index (χ0v) is 5.80. The Morgan fingerprint density at radius 1 is 1.40 bits per heavy atom. The minimum absolute atomic E-state index is 0.0536. The fraction of sp³-hybridized carbons (Fsp3) is 0.714. The zero-order valence-electron chi connectivity index (χ0n) is 5.80. The minimum atomic E-state index is -0.311. The van der Waals surface area contributed by atoms with E-state index < -0.39 is 0 Å². The van der Waals surface area contributed by atoms with E-state index in [1.54, 1.807) is 0 Å². The Bertz CT molecular complexity index is 137. The molecule has 0 saturated carbocycles. The number of rotatable bonds is 5. The van der Waals surface area contributed by atoms with E-state index in [0.717, 1.165) is 12.8 Å². The first-order valence-corrected chi connectivity index (χ1v) is 3.28. The van der Waals surface area contributed by atoms with Crippen molar-refractivity contribution in [3.63, 3.8) is 0 Å². The molecule has 0 aliphatic carbocycles. The van der Waals surface area contributed by atoms with Crippen LogP contribution in [-0.4, -0.2) is 11.5 Å². The van der Waals surface area contributed by atoms with Crippen LogP contribution in [0.15, 0.2) is 0 Å². The van der Waals surface area contributed by atoms with Crippen LogP contribution in [0.5, 0.6) is 0 Å². The smallest absolute Gasteiger partial charge is 0.203 e. The maximum absolute atomic E-state index is 9.78. The van der Waals surface area contributed by atoms with Crippen LogP contribution in [0.2, 0.25) is 0 Å². The molecule has 0 aromatic carbocycles. The highest BCUT2D eigenvalue weighted by molar-refractivity contribution is 4.74. The quantitative estimate of drug-likeness (QED) is 0.251. The lowest BCUT2D eigenvalue weighted by molar-refractivity contribution is -0.480. The summed E-state index contributed by atoms with van der Waals surface area (Å²) < 4.78 is 0.